The zero-order valence-corrected chi connectivity index (χ0v) is 19.4. The number of hydrogen-bond acceptors (Lipinski definition) is 5. The van der Waals surface area contributed by atoms with Gasteiger partial charge in [-0.15, -0.1) is 21.5 Å². The maximum Gasteiger partial charge on any atom is 0.233 e. The van der Waals surface area contributed by atoms with E-state index in [4.69, 9.17) is 0 Å². The maximum atomic E-state index is 12.7. The van der Waals surface area contributed by atoms with Gasteiger partial charge in [0.05, 0.1) is 12.3 Å². The Hall–Kier alpha value is -2.90. The van der Waals surface area contributed by atoms with Crippen molar-refractivity contribution < 1.29 is 4.79 Å². The van der Waals surface area contributed by atoms with E-state index in [-0.39, 0.29) is 5.91 Å². The van der Waals surface area contributed by atoms with E-state index < -0.39 is 0 Å². The Morgan fingerprint density at radius 2 is 1.68 bits per heavy atom. The van der Waals surface area contributed by atoms with E-state index in [9.17, 15) is 4.79 Å². The molecule has 1 amide bonds. The maximum absolute atomic E-state index is 12.7. The second-order valence-electron chi connectivity index (χ2n) is 7.46. The number of amides is 1. The van der Waals surface area contributed by atoms with E-state index in [1.54, 1.807) is 16.2 Å². The lowest BCUT2D eigenvalue weighted by molar-refractivity contribution is -0.127. The van der Waals surface area contributed by atoms with Crippen LogP contribution >= 0.6 is 23.1 Å². The van der Waals surface area contributed by atoms with E-state index in [1.165, 1.54) is 27.8 Å². The first-order chi connectivity index (χ1) is 15.0. The van der Waals surface area contributed by atoms with Crippen LogP contribution in [-0.2, 0) is 11.3 Å². The summed E-state index contributed by atoms with van der Waals surface area (Å²) in [6.07, 6.45) is 0. The Labute approximate surface area is 190 Å². The third-order valence-corrected chi connectivity index (χ3v) is 6.73. The summed E-state index contributed by atoms with van der Waals surface area (Å²) in [6, 6.07) is 20.6. The molecule has 0 N–H and O–H groups in total. The molecule has 4 rings (SSSR count). The van der Waals surface area contributed by atoms with Gasteiger partial charge < -0.3 is 4.90 Å². The van der Waals surface area contributed by atoms with E-state index in [0.717, 1.165) is 17.1 Å². The van der Waals surface area contributed by atoms with Crippen LogP contribution < -0.4 is 0 Å². The lowest BCUT2D eigenvalue weighted by atomic mass is 10.1. The average Bonchev–Trinajstić information content (AvgIpc) is 3.43. The van der Waals surface area contributed by atoms with Gasteiger partial charge in [0.2, 0.25) is 5.91 Å². The average molecular weight is 449 g/mol. The SMILES string of the molecule is Cc1ccc(-c2nnc(SCC(=O)N(C)Cc3cccs3)n2-c2ccc(C)cc2)cc1. The highest BCUT2D eigenvalue weighted by molar-refractivity contribution is 7.99. The Morgan fingerprint density at radius 3 is 2.32 bits per heavy atom. The van der Waals surface area contributed by atoms with Gasteiger partial charge in [-0.1, -0.05) is 65.4 Å². The quantitative estimate of drug-likeness (QED) is 0.357. The molecule has 4 aromatic rings. The summed E-state index contributed by atoms with van der Waals surface area (Å²) in [5, 5.41) is 11.6. The summed E-state index contributed by atoms with van der Waals surface area (Å²) in [4.78, 5) is 15.6. The summed E-state index contributed by atoms with van der Waals surface area (Å²) < 4.78 is 2.03. The number of thioether (sulfide) groups is 1. The molecular formula is C24H24N4OS2. The predicted octanol–water partition coefficient (Wildman–Crippen LogP) is 5.36. The molecule has 0 aliphatic carbocycles. The number of nitrogens with zero attached hydrogens (tertiary/aromatic N) is 4. The molecule has 31 heavy (non-hydrogen) atoms. The fourth-order valence-corrected chi connectivity index (χ4v) is 4.79. The molecule has 0 bridgehead atoms. The van der Waals surface area contributed by atoms with Crippen molar-refractivity contribution in [2.75, 3.05) is 12.8 Å². The number of carbonyl (C=O) groups excluding carboxylic acids is 1. The summed E-state index contributed by atoms with van der Waals surface area (Å²) in [5.41, 5.74) is 4.35. The molecule has 0 aliphatic rings. The van der Waals surface area contributed by atoms with E-state index >= 15 is 0 Å². The van der Waals surface area contributed by atoms with Gasteiger partial charge in [-0.05, 0) is 37.4 Å². The number of rotatable bonds is 7. The number of aromatic nitrogens is 3. The van der Waals surface area contributed by atoms with Crippen LogP contribution in [0.1, 0.15) is 16.0 Å². The molecule has 2 aromatic carbocycles. The third-order valence-electron chi connectivity index (χ3n) is 4.96. The zero-order chi connectivity index (χ0) is 21.8. The van der Waals surface area contributed by atoms with Crippen LogP contribution in [0.2, 0.25) is 0 Å². The van der Waals surface area contributed by atoms with Gasteiger partial charge in [-0.2, -0.15) is 0 Å². The van der Waals surface area contributed by atoms with Crippen LogP contribution in [0.15, 0.2) is 71.2 Å². The van der Waals surface area contributed by atoms with Gasteiger partial charge in [0.15, 0.2) is 11.0 Å². The van der Waals surface area contributed by atoms with Gasteiger partial charge in [-0.25, -0.2) is 0 Å². The summed E-state index contributed by atoms with van der Waals surface area (Å²) in [7, 11) is 1.84. The second-order valence-corrected chi connectivity index (χ2v) is 9.44. The Kier molecular flexibility index (Phi) is 6.53. The van der Waals surface area contributed by atoms with E-state index in [0.29, 0.717) is 17.5 Å². The molecule has 2 heterocycles. The monoisotopic (exact) mass is 448 g/mol. The van der Waals surface area contributed by atoms with Gasteiger partial charge in [0.1, 0.15) is 0 Å². The largest absolute Gasteiger partial charge is 0.340 e. The van der Waals surface area contributed by atoms with Crippen LogP contribution in [0.25, 0.3) is 17.1 Å². The highest BCUT2D eigenvalue weighted by Gasteiger charge is 2.18. The standard InChI is InChI=1S/C24H24N4OS2/c1-17-6-10-19(11-7-17)23-25-26-24(28(23)20-12-8-18(2)9-13-20)31-16-22(29)27(3)15-21-5-4-14-30-21/h4-14H,15-16H2,1-3H3. The normalized spacial score (nSPS) is 10.9. The fraction of sp³-hybridized carbons (Fsp3) is 0.208. The molecule has 0 fully saturated rings. The fourth-order valence-electron chi connectivity index (χ4n) is 3.14. The lowest BCUT2D eigenvalue weighted by Crippen LogP contribution is -2.27. The summed E-state index contributed by atoms with van der Waals surface area (Å²) >= 11 is 3.07. The highest BCUT2D eigenvalue weighted by Crippen LogP contribution is 2.28. The topological polar surface area (TPSA) is 51.0 Å². The van der Waals surface area contributed by atoms with Crippen molar-refractivity contribution in [3.63, 3.8) is 0 Å². The van der Waals surface area contributed by atoms with Crippen molar-refractivity contribution in [1.82, 2.24) is 19.7 Å². The first kappa shape index (κ1) is 21.3. The predicted molar refractivity (Wildman–Crippen MR) is 128 cm³/mol. The molecule has 0 aliphatic heterocycles. The second kappa shape index (κ2) is 9.49. The van der Waals surface area contributed by atoms with Crippen molar-refractivity contribution in [3.05, 3.63) is 82.0 Å². The molecule has 0 atom stereocenters. The smallest absolute Gasteiger partial charge is 0.233 e. The minimum Gasteiger partial charge on any atom is -0.340 e. The first-order valence-electron chi connectivity index (χ1n) is 10.00. The molecule has 2 aromatic heterocycles. The number of hydrogen-bond donors (Lipinski definition) is 0. The van der Waals surface area contributed by atoms with Gasteiger partial charge in [0.25, 0.3) is 0 Å². The van der Waals surface area contributed by atoms with Gasteiger partial charge >= 0.3 is 0 Å². The third kappa shape index (κ3) is 5.06. The molecule has 0 radical (unpaired) electrons. The highest BCUT2D eigenvalue weighted by atomic mass is 32.2. The molecule has 158 valence electrons. The van der Waals surface area contributed by atoms with Crippen molar-refractivity contribution in [2.45, 2.75) is 25.5 Å². The van der Waals surface area contributed by atoms with Crippen LogP contribution in [0.3, 0.4) is 0 Å². The first-order valence-corrected chi connectivity index (χ1v) is 11.9. The van der Waals surface area contributed by atoms with Crippen LogP contribution in [0, 0.1) is 13.8 Å². The number of thiophene rings is 1. The molecule has 0 saturated carbocycles. The summed E-state index contributed by atoms with van der Waals surface area (Å²) in [5.74, 6) is 1.14. The molecule has 0 spiro atoms. The zero-order valence-electron chi connectivity index (χ0n) is 17.8. The van der Waals surface area contributed by atoms with Crippen LogP contribution in [0.4, 0.5) is 0 Å². The number of benzene rings is 2. The summed E-state index contributed by atoms with van der Waals surface area (Å²) in [6.45, 7) is 4.75. The molecular weight excluding hydrogens is 424 g/mol. The van der Waals surface area contributed by atoms with Gasteiger partial charge in [0, 0.05) is 23.2 Å². The van der Waals surface area contributed by atoms with Crippen molar-refractivity contribution >= 4 is 29.0 Å². The van der Waals surface area contributed by atoms with E-state index in [1.807, 2.05) is 29.1 Å². The molecule has 7 heteroatoms. The van der Waals surface area contributed by atoms with Crippen LogP contribution in [0.5, 0.6) is 0 Å². The minimum atomic E-state index is 0.0637. The molecule has 0 unspecified atom stereocenters. The van der Waals surface area contributed by atoms with Crippen molar-refractivity contribution in [3.8, 4) is 17.1 Å². The number of aryl methyl sites for hydroxylation is 2. The Balaban J connectivity index is 1.59. The van der Waals surface area contributed by atoms with Crippen LogP contribution in [-0.4, -0.2) is 38.4 Å². The molecule has 0 saturated heterocycles. The Bertz CT molecular complexity index is 1150. The molecule has 5 nitrogen and oxygen atoms in total. The lowest BCUT2D eigenvalue weighted by Gasteiger charge is -2.16. The van der Waals surface area contributed by atoms with Crippen molar-refractivity contribution in [1.29, 1.82) is 0 Å². The van der Waals surface area contributed by atoms with Gasteiger partial charge in [-0.3, -0.25) is 9.36 Å². The Morgan fingerprint density at radius 1 is 1.00 bits per heavy atom. The minimum absolute atomic E-state index is 0.0637. The van der Waals surface area contributed by atoms with Crippen molar-refractivity contribution in [2.24, 2.45) is 0 Å². The number of carbonyl (C=O) groups is 1. The van der Waals surface area contributed by atoms with E-state index in [2.05, 4.69) is 72.6 Å².